The van der Waals surface area contributed by atoms with Gasteiger partial charge in [-0.2, -0.15) is 5.10 Å². The Bertz CT molecular complexity index is 808. The highest BCUT2D eigenvalue weighted by molar-refractivity contribution is 7.17. The number of hydrogen-bond acceptors (Lipinski definition) is 3. The van der Waals surface area contributed by atoms with E-state index in [1.807, 2.05) is 20.0 Å². The maximum absolute atomic E-state index is 13.7. The van der Waals surface area contributed by atoms with Crippen LogP contribution in [0.3, 0.4) is 0 Å². The van der Waals surface area contributed by atoms with Gasteiger partial charge in [0.2, 0.25) is 0 Å². The average Bonchev–Trinajstić information content (AvgIpc) is 3.07. The van der Waals surface area contributed by atoms with Crippen molar-refractivity contribution in [2.24, 2.45) is 7.05 Å². The van der Waals surface area contributed by atoms with Crippen LogP contribution in [0.1, 0.15) is 29.0 Å². The van der Waals surface area contributed by atoms with Gasteiger partial charge in [-0.1, -0.05) is 0 Å². The first-order valence-electron chi connectivity index (χ1n) is 6.52. The zero-order valence-electron chi connectivity index (χ0n) is 11.6. The summed E-state index contributed by atoms with van der Waals surface area (Å²) in [5.41, 5.74) is 1.41. The Hall–Kier alpha value is -2.21. The third-order valence-electron chi connectivity index (χ3n) is 3.46. The van der Waals surface area contributed by atoms with E-state index in [4.69, 9.17) is 0 Å². The first kappa shape index (κ1) is 13.8. The monoisotopic (exact) mass is 303 g/mol. The number of thiophene rings is 1. The lowest BCUT2D eigenvalue weighted by atomic mass is 10.1. The molecular formula is C15H14FN3OS. The van der Waals surface area contributed by atoms with E-state index in [2.05, 4.69) is 10.4 Å². The number of nitrogens with one attached hydrogen (secondary N) is 1. The Kier molecular flexibility index (Phi) is 3.47. The zero-order valence-corrected chi connectivity index (χ0v) is 12.4. The third-order valence-corrected chi connectivity index (χ3v) is 4.41. The normalized spacial score (nSPS) is 12.5. The molecule has 0 bridgehead atoms. The Morgan fingerprint density at radius 2 is 2.19 bits per heavy atom. The summed E-state index contributed by atoms with van der Waals surface area (Å²) in [5, 5.41) is 9.29. The second-order valence-electron chi connectivity index (χ2n) is 4.83. The van der Waals surface area contributed by atoms with Gasteiger partial charge in [-0.05, 0) is 36.6 Å². The van der Waals surface area contributed by atoms with Crippen LogP contribution in [0.15, 0.2) is 35.8 Å². The molecule has 1 amide bonds. The number of hydrogen-bond donors (Lipinski definition) is 1. The van der Waals surface area contributed by atoms with Gasteiger partial charge in [0, 0.05) is 23.3 Å². The van der Waals surface area contributed by atoms with Crippen LogP contribution in [0, 0.1) is 5.82 Å². The molecule has 0 radical (unpaired) electrons. The lowest BCUT2D eigenvalue weighted by Crippen LogP contribution is -2.28. The number of halogens is 1. The number of fused-ring (bicyclic) bond motifs is 1. The molecule has 0 aliphatic rings. The van der Waals surface area contributed by atoms with Crippen LogP contribution in [0.5, 0.6) is 0 Å². The zero-order chi connectivity index (χ0) is 15.0. The first-order chi connectivity index (χ1) is 10.1. The highest BCUT2D eigenvalue weighted by Gasteiger charge is 2.17. The Labute approximate surface area is 125 Å². The SMILES string of the molecule is CC(NC(=O)c1ccc(F)c2ccsc12)c1ccnn1C. The maximum atomic E-state index is 13.7. The molecule has 0 aliphatic heterocycles. The Balaban J connectivity index is 1.89. The summed E-state index contributed by atoms with van der Waals surface area (Å²) in [5.74, 6) is -0.515. The van der Waals surface area contributed by atoms with Crippen molar-refractivity contribution in [2.75, 3.05) is 0 Å². The topological polar surface area (TPSA) is 46.9 Å². The minimum atomic E-state index is -0.303. The van der Waals surface area contributed by atoms with Gasteiger partial charge in [-0.3, -0.25) is 9.48 Å². The van der Waals surface area contributed by atoms with Crippen molar-refractivity contribution in [3.63, 3.8) is 0 Å². The van der Waals surface area contributed by atoms with Crippen LogP contribution >= 0.6 is 11.3 Å². The molecule has 108 valence electrons. The van der Waals surface area contributed by atoms with Crippen LogP contribution in [0.2, 0.25) is 0 Å². The van der Waals surface area contributed by atoms with Crippen LogP contribution in [-0.2, 0) is 7.05 Å². The van der Waals surface area contributed by atoms with Crippen molar-refractivity contribution >= 4 is 27.3 Å². The minimum Gasteiger partial charge on any atom is -0.344 e. The summed E-state index contributed by atoms with van der Waals surface area (Å²) in [4.78, 5) is 12.4. The number of carbonyl (C=O) groups is 1. The van der Waals surface area contributed by atoms with E-state index in [-0.39, 0.29) is 17.8 Å². The van der Waals surface area contributed by atoms with E-state index in [1.54, 1.807) is 22.3 Å². The minimum absolute atomic E-state index is 0.176. The molecule has 0 saturated carbocycles. The van der Waals surface area contributed by atoms with E-state index in [0.29, 0.717) is 15.6 Å². The van der Waals surface area contributed by atoms with Gasteiger partial charge < -0.3 is 5.32 Å². The molecule has 1 unspecified atom stereocenters. The fourth-order valence-corrected chi connectivity index (χ4v) is 3.28. The molecule has 4 nitrogen and oxygen atoms in total. The molecule has 2 heterocycles. The van der Waals surface area contributed by atoms with Crippen LogP contribution in [-0.4, -0.2) is 15.7 Å². The number of amides is 1. The number of aromatic nitrogens is 2. The molecular weight excluding hydrogens is 289 g/mol. The highest BCUT2D eigenvalue weighted by atomic mass is 32.1. The second kappa shape index (κ2) is 5.29. The molecule has 0 fully saturated rings. The average molecular weight is 303 g/mol. The van der Waals surface area contributed by atoms with Crippen molar-refractivity contribution in [1.82, 2.24) is 15.1 Å². The standard InChI is InChI=1S/C15H14FN3OS/c1-9(13-5-7-17-19(13)2)18-15(20)11-3-4-12(16)10-6-8-21-14(10)11/h3-9H,1-2H3,(H,18,20). The fraction of sp³-hybridized carbons (Fsp3) is 0.200. The lowest BCUT2D eigenvalue weighted by Gasteiger charge is -2.14. The molecule has 21 heavy (non-hydrogen) atoms. The van der Waals surface area contributed by atoms with Crippen LogP contribution < -0.4 is 5.32 Å². The van der Waals surface area contributed by atoms with Crippen molar-refractivity contribution in [1.29, 1.82) is 0 Å². The quantitative estimate of drug-likeness (QED) is 0.807. The number of carbonyl (C=O) groups excluding carboxylic acids is 1. The predicted molar refractivity (Wildman–Crippen MR) is 80.9 cm³/mol. The van der Waals surface area contributed by atoms with Crippen molar-refractivity contribution in [3.05, 3.63) is 52.9 Å². The summed E-state index contributed by atoms with van der Waals surface area (Å²) in [6.45, 7) is 1.89. The molecule has 3 rings (SSSR count). The third kappa shape index (κ3) is 2.42. The van der Waals surface area contributed by atoms with Crippen LogP contribution in [0.25, 0.3) is 10.1 Å². The van der Waals surface area contributed by atoms with E-state index in [1.165, 1.54) is 23.5 Å². The summed E-state index contributed by atoms with van der Waals surface area (Å²) >= 11 is 1.37. The van der Waals surface area contributed by atoms with E-state index in [9.17, 15) is 9.18 Å². The van der Waals surface area contributed by atoms with Crippen LogP contribution in [0.4, 0.5) is 4.39 Å². The summed E-state index contributed by atoms with van der Waals surface area (Å²) in [7, 11) is 1.83. The summed E-state index contributed by atoms with van der Waals surface area (Å²) < 4.78 is 16.1. The number of benzene rings is 1. The van der Waals surface area contributed by atoms with E-state index in [0.717, 1.165) is 5.69 Å². The van der Waals surface area contributed by atoms with E-state index >= 15 is 0 Å². The first-order valence-corrected chi connectivity index (χ1v) is 7.40. The van der Waals surface area contributed by atoms with Gasteiger partial charge >= 0.3 is 0 Å². The second-order valence-corrected chi connectivity index (χ2v) is 5.75. The van der Waals surface area contributed by atoms with Gasteiger partial charge in [0.05, 0.1) is 17.3 Å². The van der Waals surface area contributed by atoms with Gasteiger partial charge in [0.25, 0.3) is 5.91 Å². The van der Waals surface area contributed by atoms with Crippen molar-refractivity contribution in [3.8, 4) is 0 Å². The van der Waals surface area contributed by atoms with Gasteiger partial charge in [-0.25, -0.2) is 4.39 Å². The van der Waals surface area contributed by atoms with E-state index < -0.39 is 0 Å². The molecule has 1 aromatic carbocycles. The number of rotatable bonds is 3. The summed E-state index contributed by atoms with van der Waals surface area (Å²) in [6.07, 6.45) is 1.69. The van der Waals surface area contributed by atoms with Crippen molar-refractivity contribution < 1.29 is 9.18 Å². The lowest BCUT2D eigenvalue weighted by molar-refractivity contribution is 0.0940. The van der Waals surface area contributed by atoms with Gasteiger partial charge in [-0.15, -0.1) is 11.3 Å². The number of aryl methyl sites for hydroxylation is 1. The number of nitrogens with zero attached hydrogens (tertiary/aromatic N) is 2. The molecule has 2 aromatic heterocycles. The molecule has 0 aliphatic carbocycles. The fourth-order valence-electron chi connectivity index (χ4n) is 2.36. The molecule has 0 spiro atoms. The van der Waals surface area contributed by atoms with Gasteiger partial charge in [0.1, 0.15) is 5.82 Å². The predicted octanol–water partition coefficient (Wildman–Crippen LogP) is 3.26. The molecule has 1 N–H and O–H groups in total. The molecule has 0 saturated heterocycles. The smallest absolute Gasteiger partial charge is 0.253 e. The Morgan fingerprint density at radius 3 is 2.90 bits per heavy atom. The molecule has 1 atom stereocenters. The summed E-state index contributed by atoms with van der Waals surface area (Å²) in [6, 6.07) is 6.23. The Morgan fingerprint density at radius 1 is 1.38 bits per heavy atom. The highest BCUT2D eigenvalue weighted by Crippen LogP contribution is 2.27. The molecule has 6 heteroatoms. The van der Waals surface area contributed by atoms with Crippen molar-refractivity contribution in [2.45, 2.75) is 13.0 Å². The maximum Gasteiger partial charge on any atom is 0.253 e. The largest absolute Gasteiger partial charge is 0.344 e. The van der Waals surface area contributed by atoms with Gasteiger partial charge in [0.15, 0.2) is 0 Å². The molecule has 3 aromatic rings.